The van der Waals surface area contributed by atoms with Crippen molar-refractivity contribution < 1.29 is 8.42 Å². The summed E-state index contributed by atoms with van der Waals surface area (Å²) in [5.74, 6) is 0.140. The van der Waals surface area contributed by atoms with Gasteiger partial charge in [-0.3, -0.25) is 0 Å². The van der Waals surface area contributed by atoms with Crippen LogP contribution in [0.2, 0.25) is 0 Å². The highest BCUT2D eigenvalue weighted by Gasteiger charge is 2.24. The Morgan fingerprint density at radius 3 is 2.20 bits per heavy atom. The van der Waals surface area contributed by atoms with Crippen LogP contribution >= 0.6 is 0 Å². The van der Waals surface area contributed by atoms with Gasteiger partial charge in [-0.1, -0.05) is 27.7 Å². The van der Waals surface area contributed by atoms with Crippen LogP contribution in [0.1, 0.15) is 34.6 Å². The van der Waals surface area contributed by atoms with Crippen LogP contribution < -0.4 is 10.0 Å². The lowest BCUT2D eigenvalue weighted by Crippen LogP contribution is -2.43. The number of rotatable bonds is 6. The lowest BCUT2D eigenvalue weighted by Gasteiger charge is -2.27. The third kappa shape index (κ3) is 6.87. The molecule has 92 valence electrons. The Morgan fingerprint density at radius 1 is 1.27 bits per heavy atom. The van der Waals surface area contributed by atoms with Gasteiger partial charge in [0.25, 0.3) is 0 Å². The van der Waals surface area contributed by atoms with Crippen molar-refractivity contribution in [2.24, 2.45) is 5.41 Å². The van der Waals surface area contributed by atoms with Crippen LogP contribution in [0.4, 0.5) is 0 Å². The standard InChI is InChI=1S/C10H24N2O2S/c1-6-11-7-8-15(13,14)12-9(2)10(3,4)5/h9,11-12H,6-8H2,1-5H3. The third-order valence-corrected chi connectivity index (χ3v) is 3.91. The first-order valence-electron chi connectivity index (χ1n) is 5.40. The molecule has 0 aliphatic carbocycles. The molecule has 0 spiro atoms. The molecule has 0 saturated heterocycles. The Morgan fingerprint density at radius 2 is 1.80 bits per heavy atom. The maximum atomic E-state index is 11.6. The predicted molar refractivity (Wildman–Crippen MR) is 64.4 cm³/mol. The minimum Gasteiger partial charge on any atom is -0.316 e. The lowest BCUT2D eigenvalue weighted by atomic mass is 9.89. The van der Waals surface area contributed by atoms with Gasteiger partial charge in [0, 0.05) is 12.6 Å². The number of sulfonamides is 1. The maximum Gasteiger partial charge on any atom is 0.213 e. The zero-order valence-corrected chi connectivity index (χ0v) is 11.2. The molecule has 0 bridgehead atoms. The molecule has 0 aliphatic heterocycles. The van der Waals surface area contributed by atoms with Gasteiger partial charge in [-0.25, -0.2) is 13.1 Å². The molecule has 0 aromatic rings. The third-order valence-electron chi connectivity index (χ3n) is 2.45. The van der Waals surface area contributed by atoms with E-state index in [0.717, 1.165) is 6.54 Å². The second kappa shape index (κ2) is 5.82. The fraction of sp³-hybridized carbons (Fsp3) is 1.00. The molecule has 0 rings (SSSR count). The van der Waals surface area contributed by atoms with E-state index in [2.05, 4.69) is 10.0 Å². The van der Waals surface area contributed by atoms with Gasteiger partial charge in [0.2, 0.25) is 10.0 Å². The second-order valence-electron chi connectivity index (χ2n) is 4.88. The summed E-state index contributed by atoms with van der Waals surface area (Å²) in [7, 11) is -3.15. The quantitative estimate of drug-likeness (QED) is 0.675. The lowest BCUT2D eigenvalue weighted by molar-refractivity contribution is 0.317. The minimum atomic E-state index is -3.15. The van der Waals surface area contributed by atoms with E-state index in [-0.39, 0.29) is 17.2 Å². The van der Waals surface area contributed by atoms with Crippen molar-refractivity contribution in [3.8, 4) is 0 Å². The van der Waals surface area contributed by atoms with E-state index in [4.69, 9.17) is 0 Å². The minimum absolute atomic E-state index is 0.0503. The summed E-state index contributed by atoms with van der Waals surface area (Å²) in [6.45, 7) is 11.2. The van der Waals surface area contributed by atoms with Gasteiger partial charge in [-0.15, -0.1) is 0 Å². The monoisotopic (exact) mass is 236 g/mol. The van der Waals surface area contributed by atoms with Crippen molar-refractivity contribution in [1.82, 2.24) is 10.0 Å². The van der Waals surface area contributed by atoms with Gasteiger partial charge in [-0.2, -0.15) is 0 Å². The normalized spacial score (nSPS) is 15.3. The molecule has 2 N–H and O–H groups in total. The van der Waals surface area contributed by atoms with Gasteiger partial charge >= 0.3 is 0 Å². The molecule has 0 aromatic carbocycles. The average molecular weight is 236 g/mol. The summed E-state index contributed by atoms with van der Waals surface area (Å²) < 4.78 is 25.9. The largest absolute Gasteiger partial charge is 0.316 e. The van der Waals surface area contributed by atoms with E-state index >= 15 is 0 Å². The van der Waals surface area contributed by atoms with Crippen molar-refractivity contribution in [3.63, 3.8) is 0 Å². The Bertz CT molecular complexity index is 268. The predicted octanol–water partition coefficient (Wildman–Crippen LogP) is 0.950. The molecule has 0 amide bonds. The summed E-state index contributed by atoms with van der Waals surface area (Å²) >= 11 is 0. The fourth-order valence-corrected chi connectivity index (χ4v) is 2.31. The number of hydrogen-bond acceptors (Lipinski definition) is 3. The Labute approximate surface area is 93.9 Å². The highest BCUT2D eigenvalue weighted by molar-refractivity contribution is 7.89. The number of hydrogen-bond donors (Lipinski definition) is 2. The van der Waals surface area contributed by atoms with E-state index in [1.54, 1.807) is 0 Å². The zero-order chi connectivity index (χ0) is 12.1. The van der Waals surface area contributed by atoms with Crippen molar-refractivity contribution in [2.45, 2.75) is 40.7 Å². The van der Waals surface area contributed by atoms with Crippen molar-refractivity contribution in [1.29, 1.82) is 0 Å². The Hall–Kier alpha value is -0.130. The van der Waals surface area contributed by atoms with Gasteiger partial charge in [-0.05, 0) is 18.9 Å². The molecule has 0 aliphatic rings. The van der Waals surface area contributed by atoms with Gasteiger partial charge in [0.05, 0.1) is 5.75 Å². The van der Waals surface area contributed by atoms with Gasteiger partial charge < -0.3 is 5.32 Å². The molecule has 0 aromatic heterocycles. The van der Waals surface area contributed by atoms with E-state index < -0.39 is 10.0 Å². The zero-order valence-electron chi connectivity index (χ0n) is 10.4. The van der Waals surface area contributed by atoms with Crippen LogP contribution in [0.15, 0.2) is 0 Å². The van der Waals surface area contributed by atoms with E-state index in [1.807, 2.05) is 34.6 Å². The highest BCUT2D eigenvalue weighted by atomic mass is 32.2. The van der Waals surface area contributed by atoms with Crippen molar-refractivity contribution in [3.05, 3.63) is 0 Å². The summed E-state index contributed by atoms with van der Waals surface area (Å²) in [4.78, 5) is 0. The first-order chi connectivity index (χ1) is 6.69. The van der Waals surface area contributed by atoms with Crippen LogP contribution in [0.3, 0.4) is 0 Å². The fourth-order valence-electron chi connectivity index (χ4n) is 0.888. The van der Waals surface area contributed by atoms with Crippen LogP contribution in [0.5, 0.6) is 0 Å². The van der Waals surface area contributed by atoms with Crippen molar-refractivity contribution >= 4 is 10.0 Å². The summed E-state index contributed by atoms with van der Waals surface area (Å²) in [6, 6.07) is -0.0517. The van der Waals surface area contributed by atoms with Crippen LogP contribution in [-0.4, -0.2) is 33.3 Å². The first-order valence-corrected chi connectivity index (χ1v) is 7.05. The maximum absolute atomic E-state index is 11.6. The molecule has 0 saturated carbocycles. The van der Waals surface area contributed by atoms with Crippen LogP contribution in [-0.2, 0) is 10.0 Å². The van der Waals surface area contributed by atoms with Crippen LogP contribution in [0, 0.1) is 5.41 Å². The second-order valence-corrected chi connectivity index (χ2v) is 6.75. The molecular weight excluding hydrogens is 212 g/mol. The summed E-state index contributed by atoms with van der Waals surface area (Å²) in [6.07, 6.45) is 0. The topological polar surface area (TPSA) is 58.2 Å². The molecule has 4 nitrogen and oxygen atoms in total. The molecular formula is C10H24N2O2S. The highest BCUT2D eigenvalue weighted by Crippen LogP contribution is 2.18. The molecule has 15 heavy (non-hydrogen) atoms. The Kier molecular flexibility index (Phi) is 5.77. The summed E-state index contributed by atoms with van der Waals surface area (Å²) in [5, 5.41) is 3.00. The molecule has 1 atom stereocenters. The van der Waals surface area contributed by atoms with Gasteiger partial charge in [0.15, 0.2) is 0 Å². The smallest absolute Gasteiger partial charge is 0.213 e. The molecule has 0 fully saturated rings. The molecule has 0 radical (unpaired) electrons. The first kappa shape index (κ1) is 14.9. The number of nitrogens with one attached hydrogen (secondary N) is 2. The SMILES string of the molecule is CCNCCS(=O)(=O)NC(C)C(C)(C)C. The van der Waals surface area contributed by atoms with Crippen molar-refractivity contribution in [2.75, 3.05) is 18.8 Å². The van der Waals surface area contributed by atoms with E-state index in [9.17, 15) is 8.42 Å². The summed E-state index contributed by atoms with van der Waals surface area (Å²) in [5.41, 5.74) is -0.0503. The average Bonchev–Trinajstić information content (AvgIpc) is 2.01. The van der Waals surface area contributed by atoms with Gasteiger partial charge in [0.1, 0.15) is 0 Å². The Balaban J connectivity index is 4.15. The van der Waals surface area contributed by atoms with E-state index in [0.29, 0.717) is 6.54 Å². The molecule has 0 heterocycles. The van der Waals surface area contributed by atoms with E-state index in [1.165, 1.54) is 0 Å². The molecule has 5 heteroatoms. The van der Waals surface area contributed by atoms with Crippen LogP contribution in [0.25, 0.3) is 0 Å². The molecule has 1 unspecified atom stereocenters.